The van der Waals surface area contributed by atoms with Crippen LogP contribution in [0.25, 0.3) is 0 Å². The van der Waals surface area contributed by atoms with Crippen LogP contribution in [0.5, 0.6) is 0 Å². The Balaban J connectivity index is 2.05. The third-order valence-electron chi connectivity index (χ3n) is 4.25. The molecule has 5 heteroatoms. The number of benzene rings is 1. The van der Waals surface area contributed by atoms with E-state index in [2.05, 4.69) is 38.2 Å². The Hall–Kier alpha value is -1.59. The molecule has 1 saturated heterocycles. The molecule has 2 atom stereocenters. The van der Waals surface area contributed by atoms with Gasteiger partial charge in [-0.05, 0) is 24.0 Å². The van der Waals surface area contributed by atoms with Crippen LogP contribution < -0.4 is 5.32 Å². The Bertz CT molecular complexity index is 517. The molecule has 1 heterocycles. The van der Waals surface area contributed by atoms with E-state index in [4.69, 9.17) is 9.47 Å². The number of nitrogens with one attached hydrogen (secondary N) is 1. The van der Waals surface area contributed by atoms with Crippen molar-refractivity contribution in [1.29, 1.82) is 0 Å². The van der Waals surface area contributed by atoms with Gasteiger partial charge in [0.15, 0.2) is 0 Å². The standard InChI is InChI=1S/C18H28N2O3/c1-13(2)17(16-8-6-5-7-14(16)3)19-18(21)20-9-10-23-15(11-20)12-22-4/h5-8,13,15,17H,9-12H2,1-4H3,(H,19,21)/t15-,17+/m1/s1. The van der Waals surface area contributed by atoms with E-state index in [1.54, 1.807) is 7.11 Å². The van der Waals surface area contributed by atoms with Crippen LogP contribution in [0.2, 0.25) is 0 Å². The third-order valence-corrected chi connectivity index (χ3v) is 4.25. The van der Waals surface area contributed by atoms with Crippen molar-refractivity contribution in [3.63, 3.8) is 0 Å². The minimum Gasteiger partial charge on any atom is -0.382 e. The molecule has 0 aromatic heterocycles. The molecule has 1 aromatic rings. The van der Waals surface area contributed by atoms with Crippen molar-refractivity contribution in [3.8, 4) is 0 Å². The summed E-state index contributed by atoms with van der Waals surface area (Å²) >= 11 is 0. The molecule has 2 rings (SSSR count). The summed E-state index contributed by atoms with van der Waals surface area (Å²) in [6.07, 6.45) is -0.0459. The monoisotopic (exact) mass is 320 g/mol. The van der Waals surface area contributed by atoms with Gasteiger partial charge in [0.1, 0.15) is 0 Å². The van der Waals surface area contributed by atoms with Crippen LogP contribution in [0.4, 0.5) is 4.79 Å². The van der Waals surface area contributed by atoms with Crippen LogP contribution in [0.15, 0.2) is 24.3 Å². The summed E-state index contributed by atoms with van der Waals surface area (Å²) in [5.74, 6) is 0.316. The fraction of sp³-hybridized carbons (Fsp3) is 0.611. The van der Waals surface area contributed by atoms with E-state index in [0.29, 0.717) is 32.2 Å². The van der Waals surface area contributed by atoms with Gasteiger partial charge in [0.05, 0.1) is 31.9 Å². The van der Waals surface area contributed by atoms with Crippen LogP contribution in [0.3, 0.4) is 0 Å². The number of nitrogens with zero attached hydrogens (tertiary/aromatic N) is 1. The quantitative estimate of drug-likeness (QED) is 0.907. The maximum Gasteiger partial charge on any atom is 0.318 e. The maximum atomic E-state index is 12.7. The molecule has 1 aliphatic rings. The Morgan fingerprint density at radius 1 is 1.43 bits per heavy atom. The van der Waals surface area contributed by atoms with Crippen LogP contribution in [0.1, 0.15) is 31.0 Å². The summed E-state index contributed by atoms with van der Waals surface area (Å²) in [4.78, 5) is 14.5. The number of ether oxygens (including phenoxy) is 2. The van der Waals surface area contributed by atoms with Crippen molar-refractivity contribution in [1.82, 2.24) is 10.2 Å². The minimum absolute atomic E-state index is 0.00687. The van der Waals surface area contributed by atoms with Crippen LogP contribution in [-0.4, -0.2) is 50.4 Å². The van der Waals surface area contributed by atoms with Gasteiger partial charge < -0.3 is 19.7 Å². The average molecular weight is 320 g/mol. The first-order valence-corrected chi connectivity index (χ1v) is 8.24. The van der Waals surface area contributed by atoms with Gasteiger partial charge in [-0.3, -0.25) is 0 Å². The molecule has 2 amide bonds. The third kappa shape index (κ3) is 4.69. The minimum atomic E-state index is -0.0459. The molecular weight excluding hydrogens is 292 g/mol. The predicted molar refractivity (Wildman–Crippen MR) is 90.5 cm³/mol. The molecule has 5 nitrogen and oxygen atoms in total. The largest absolute Gasteiger partial charge is 0.382 e. The topological polar surface area (TPSA) is 50.8 Å². The van der Waals surface area contributed by atoms with E-state index in [1.807, 2.05) is 17.0 Å². The number of urea groups is 1. The van der Waals surface area contributed by atoms with Crippen molar-refractivity contribution in [3.05, 3.63) is 35.4 Å². The first-order chi connectivity index (χ1) is 11.0. The molecule has 1 N–H and O–H groups in total. The van der Waals surface area contributed by atoms with Gasteiger partial charge in [0, 0.05) is 13.7 Å². The summed E-state index contributed by atoms with van der Waals surface area (Å²) in [5, 5.41) is 3.20. The summed E-state index contributed by atoms with van der Waals surface area (Å²) in [6, 6.07) is 8.19. The highest BCUT2D eigenvalue weighted by molar-refractivity contribution is 5.75. The van der Waals surface area contributed by atoms with Crippen LogP contribution >= 0.6 is 0 Å². The summed E-state index contributed by atoms with van der Waals surface area (Å²) < 4.78 is 10.7. The first-order valence-electron chi connectivity index (χ1n) is 8.24. The number of morpholine rings is 1. The summed E-state index contributed by atoms with van der Waals surface area (Å²) in [5.41, 5.74) is 2.38. The molecule has 1 fully saturated rings. The van der Waals surface area contributed by atoms with E-state index in [1.165, 1.54) is 11.1 Å². The van der Waals surface area contributed by atoms with Crippen LogP contribution in [-0.2, 0) is 9.47 Å². The van der Waals surface area contributed by atoms with Gasteiger partial charge in [-0.1, -0.05) is 38.1 Å². The number of rotatable bonds is 5. The van der Waals surface area contributed by atoms with E-state index in [9.17, 15) is 4.79 Å². The average Bonchev–Trinajstić information content (AvgIpc) is 2.53. The Morgan fingerprint density at radius 2 is 2.17 bits per heavy atom. The lowest BCUT2D eigenvalue weighted by atomic mass is 9.93. The van der Waals surface area contributed by atoms with E-state index in [-0.39, 0.29) is 18.2 Å². The number of hydrogen-bond donors (Lipinski definition) is 1. The normalized spacial score (nSPS) is 19.7. The highest BCUT2D eigenvalue weighted by Crippen LogP contribution is 2.25. The summed E-state index contributed by atoms with van der Waals surface area (Å²) in [6.45, 7) is 8.59. The number of methoxy groups -OCH3 is 1. The molecule has 0 saturated carbocycles. The van der Waals surface area contributed by atoms with Crippen molar-refractivity contribution >= 4 is 6.03 Å². The fourth-order valence-electron chi connectivity index (χ4n) is 2.95. The highest BCUT2D eigenvalue weighted by Gasteiger charge is 2.27. The zero-order chi connectivity index (χ0) is 16.8. The molecule has 0 spiro atoms. The van der Waals surface area contributed by atoms with E-state index >= 15 is 0 Å². The van der Waals surface area contributed by atoms with E-state index < -0.39 is 0 Å². The molecule has 0 aliphatic carbocycles. The second-order valence-corrected chi connectivity index (χ2v) is 6.42. The lowest BCUT2D eigenvalue weighted by Gasteiger charge is -2.34. The molecule has 23 heavy (non-hydrogen) atoms. The van der Waals surface area contributed by atoms with Crippen molar-refractivity contribution < 1.29 is 14.3 Å². The van der Waals surface area contributed by atoms with Crippen molar-refractivity contribution in [2.45, 2.75) is 32.9 Å². The molecule has 128 valence electrons. The van der Waals surface area contributed by atoms with Gasteiger partial charge in [0.2, 0.25) is 0 Å². The first kappa shape index (κ1) is 17.8. The Kier molecular flexibility index (Phi) is 6.42. The zero-order valence-electron chi connectivity index (χ0n) is 14.5. The van der Waals surface area contributed by atoms with Crippen molar-refractivity contribution in [2.75, 3.05) is 33.4 Å². The number of carbonyl (C=O) groups excluding carboxylic acids is 1. The van der Waals surface area contributed by atoms with Gasteiger partial charge in [-0.25, -0.2) is 4.79 Å². The van der Waals surface area contributed by atoms with Crippen LogP contribution in [0, 0.1) is 12.8 Å². The molecule has 1 aliphatic heterocycles. The highest BCUT2D eigenvalue weighted by atomic mass is 16.5. The molecule has 0 unspecified atom stereocenters. The number of aryl methyl sites for hydroxylation is 1. The van der Waals surface area contributed by atoms with Gasteiger partial charge in [0.25, 0.3) is 0 Å². The summed E-state index contributed by atoms with van der Waals surface area (Å²) in [7, 11) is 1.65. The lowest BCUT2D eigenvalue weighted by Crippen LogP contribution is -2.51. The Morgan fingerprint density at radius 3 is 2.83 bits per heavy atom. The maximum absolute atomic E-state index is 12.7. The van der Waals surface area contributed by atoms with Gasteiger partial charge in [-0.2, -0.15) is 0 Å². The number of carbonyl (C=O) groups is 1. The lowest BCUT2D eigenvalue weighted by molar-refractivity contribution is -0.0497. The fourth-order valence-corrected chi connectivity index (χ4v) is 2.95. The Labute approximate surface area is 139 Å². The smallest absolute Gasteiger partial charge is 0.318 e. The number of hydrogen-bond acceptors (Lipinski definition) is 3. The molecule has 0 bridgehead atoms. The van der Waals surface area contributed by atoms with E-state index in [0.717, 1.165) is 0 Å². The molecule has 1 aromatic carbocycles. The predicted octanol–water partition coefficient (Wildman–Crippen LogP) is 2.75. The number of amides is 2. The van der Waals surface area contributed by atoms with Gasteiger partial charge >= 0.3 is 6.03 Å². The van der Waals surface area contributed by atoms with Crippen molar-refractivity contribution in [2.24, 2.45) is 5.92 Å². The zero-order valence-corrected chi connectivity index (χ0v) is 14.5. The second kappa shape index (κ2) is 8.31. The second-order valence-electron chi connectivity index (χ2n) is 6.42. The van der Waals surface area contributed by atoms with Gasteiger partial charge in [-0.15, -0.1) is 0 Å². The SMILES string of the molecule is COC[C@H]1CN(C(=O)N[C@H](c2ccccc2C)C(C)C)CCO1. The molecule has 0 radical (unpaired) electrons. The molecular formula is C18H28N2O3.